The molecule has 0 radical (unpaired) electrons. The Labute approximate surface area is 141 Å². The number of aromatic nitrogens is 1. The molecule has 4 rings (SSSR count). The van der Waals surface area contributed by atoms with Crippen LogP contribution < -0.4 is 5.32 Å². The maximum atomic E-state index is 12.4. The van der Waals surface area contributed by atoms with E-state index in [-0.39, 0.29) is 6.03 Å². The summed E-state index contributed by atoms with van der Waals surface area (Å²) in [6, 6.07) is 0.0859. The molecule has 3 saturated heterocycles. The first-order valence-electron chi connectivity index (χ1n) is 8.79. The van der Waals surface area contributed by atoms with Crippen molar-refractivity contribution in [2.75, 3.05) is 19.6 Å². The lowest BCUT2D eigenvalue weighted by molar-refractivity contribution is 0.0739. The van der Waals surface area contributed by atoms with Crippen molar-refractivity contribution >= 4 is 17.4 Å². The molecule has 23 heavy (non-hydrogen) atoms. The number of aryl methyl sites for hydroxylation is 2. The number of amides is 2. The Kier molecular flexibility index (Phi) is 4.05. The van der Waals surface area contributed by atoms with Crippen molar-refractivity contribution in [3.8, 4) is 0 Å². The Morgan fingerprint density at radius 1 is 1.35 bits per heavy atom. The first kappa shape index (κ1) is 15.4. The minimum Gasteiger partial charge on any atom is -0.374 e. The maximum absolute atomic E-state index is 12.4. The number of carbonyl (C=O) groups is 1. The average Bonchev–Trinajstić information content (AvgIpc) is 3.28. The van der Waals surface area contributed by atoms with E-state index >= 15 is 0 Å². The second-order valence-electron chi connectivity index (χ2n) is 6.97. The first-order valence-corrected chi connectivity index (χ1v) is 9.60. The van der Waals surface area contributed by atoms with Crippen molar-refractivity contribution in [1.29, 1.82) is 0 Å². The molecule has 126 valence electrons. The minimum absolute atomic E-state index is 0.0859. The summed E-state index contributed by atoms with van der Waals surface area (Å²) in [7, 11) is 0. The van der Waals surface area contributed by atoms with Crippen LogP contribution in [0, 0.1) is 18.8 Å². The number of nitrogens with one attached hydrogen (secondary N) is 1. The lowest BCUT2D eigenvalue weighted by Crippen LogP contribution is -2.40. The molecule has 4 heterocycles. The topological polar surface area (TPSA) is 54.5 Å². The van der Waals surface area contributed by atoms with Crippen LogP contribution in [-0.2, 0) is 17.6 Å². The van der Waals surface area contributed by atoms with Gasteiger partial charge in [0.05, 0.1) is 22.9 Å². The van der Waals surface area contributed by atoms with Crippen molar-refractivity contribution < 1.29 is 9.53 Å². The third-order valence-corrected chi connectivity index (χ3v) is 6.70. The molecule has 3 fully saturated rings. The number of hydrogen-bond acceptors (Lipinski definition) is 4. The fourth-order valence-corrected chi connectivity index (χ4v) is 5.46. The monoisotopic (exact) mass is 335 g/mol. The first-order chi connectivity index (χ1) is 11.2. The highest BCUT2D eigenvalue weighted by molar-refractivity contribution is 7.11. The fourth-order valence-electron chi connectivity index (χ4n) is 4.44. The van der Waals surface area contributed by atoms with Crippen molar-refractivity contribution in [3.05, 3.63) is 15.6 Å². The third-order valence-electron chi connectivity index (χ3n) is 5.63. The number of ether oxygens (including phenoxy) is 1. The van der Waals surface area contributed by atoms with Crippen molar-refractivity contribution in [2.45, 2.75) is 51.7 Å². The molecule has 5 nitrogen and oxygen atoms in total. The molecule has 3 aliphatic rings. The van der Waals surface area contributed by atoms with Crippen LogP contribution in [0.5, 0.6) is 0 Å². The van der Waals surface area contributed by atoms with E-state index in [0.717, 1.165) is 30.9 Å². The van der Waals surface area contributed by atoms with Crippen LogP contribution in [0.1, 0.15) is 35.3 Å². The van der Waals surface area contributed by atoms with Gasteiger partial charge in [0, 0.05) is 42.8 Å². The summed E-state index contributed by atoms with van der Waals surface area (Å²) >= 11 is 1.75. The van der Waals surface area contributed by atoms with Gasteiger partial charge in [0.25, 0.3) is 0 Å². The number of nitrogens with zero attached hydrogens (tertiary/aromatic N) is 2. The summed E-state index contributed by atoms with van der Waals surface area (Å²) in [5, 5.41) is 4.20. The zero-order chi connectivity index (χ0) is 16.0. The summed E-state index contributed by atoms with van der Waals surface area (Å²) in [6.07, 6.45) is 5.00. The quantitative estimate of drug-likeness (QED) is 0.919. The Balaban J connectivity index is 1.26. The fraction of sp³-hybridized carbons (Fsp3) is 0.765. The molecule has 6 heteroatoms. The van der Waals surface area contributed by atoms with E-state index in [1.807, 2.05) is 4.90 Å². The number of urea groups is 1. The number of rotatable bonds is 4. The Bertz CT molecular complexity index is 585. The number of hydrogen-bond donors (Lipinski definition) is 1. The molecule has 0 aliphatic carbocycles. The van der Waals surface area contributed by atoms with Gasteiger partial charge < -0.3 is 15.0 Å². The van der Waals surface area contributed by atoms with E-state index in [9.17, 15) is 4.79 Å². The lowest BCUT2D eigenvalue weighted by atomic mass is 9.82. The van der Waals surface area contributed by atoms with E-state index in [0.29, 0.717) is 30.6 Å². The summed E-state index contributed by atoms with van der Waals surface area (Å²) in [5.74, 6) is 1.15. The SMILES string of the molecule is CCc1nc(CCNC(=O)N2C[C@@H]3[C@@H](C2)[C@H]2CC[C@H]3O2)sc1C. The van der Waals surface area contributed by atoms with Crippen molar-refractivity contribution in [3.63, 3.8) is 0 Å². The second-order valence-corrected chi connectivity index (χ2v) is 8.26. The van der Waals surface area contributed by atoms with Crippen molar-refractivity contribution in [1.82, 2.24) is 15.2 Å². The largest absolute Gasteiger partial charge is 0.374 e. The number of carbonyl (C=O) groups excluding carboxylic acids is 1. The van der Waals surface area contributed by atoms with E-state index in [2.05, 4.69) is 24.1 Å². The molecule has 4 atom stereocenters. The van der Waals surface area contributed by atoms with E-state index in [1.54, 1.807) is 11.3 Å². The molecule has 0 saturated carbocycles. The summed E-state index contributed by atoms with van der Waals surface area (Å²) in [6.45, 7) is 6.67. The van der Waals surface area contributed by atoms with Crippen LogP contribution in [0.4, 0.5) is 4.79 Å². The second kappa shape index (κ2) is 6.06. The molecular formula is C17H25N3O2S. The van der Waals surface area contributed by atoms with Crippen LogP contribution in [0.15, 0.2) is 0 Å². The molecule has 3 aliphatic heterocycles. The summed E-state index contributed by atoms with van der Waals surface area (Å²) < 4.78 is 5.97. The van der Waals surface area contributed by atoms with Crippen molar-refractivity contribution in [2.24, 2.45) is 11.8 Å². The number of thiazole rings is 1. The van der Waals surface area contributed by atoms with Gasteiger partial charge in [-0.05, 0) is 26.2 Å². The normalized spacial score (nSPS) is 31.7. The van der Waals surface area contributed by atoms with Gasteiger partial charge in [-0.3, -0.25) is 0 Å². The third kappa shape index (κ3) is 2.76. The van der Waals surface area contributed by atoms with Gasteiger partial charge in [-0.25, -0.2) is 9.78 Å². The zero-order valence-electron chi connectivity index (χ0n) is 13.9. The molecule has 1 aromatic rings. The standard InChI is InChI=1S/C17H25N3O2S/c1-3-13-10(2)23-16(19-13)6-7-18-17(21)20-8-11-12(9-20)15-5-4-14(11)22-15/h11-12,14-15H,3-9H2,1-2H3,(H,18,21)/t11-,12-,14-,15-/m1/s1. The van der Waals surface area contributed by atoms with E-state index in [4.69, 9.17) is 4.74 Å². The molecule has 2 bridgehead atoms. The maximum Gasteiger partial charge on any atom is 0.317 e. The van der Waals surface area contributed by atoms with Gasteiger partial charge in [-0.15, -0.1) is 11.3 Å². The highest BCUT2D eigenvalue weighted by atomic mass is 32.1. The van der Waals surface area contributed by atoms with Gasteiger partial charge >= 0.3 is 6.03 Å². The Morgan fingerprint density at radius 2 is 2.04 bits per heavy atom. The molecule has 0 aromatic carbocycles. The predicted octanol–water partition coefficient (Wildman–Crippen LogP) is 2.38. The lowest BCUT2D eigenvalue weighted by Gasteiger charge is -2.19. The highest BCUT2D eigenvalue weighted by Crippen LogP contribution is 2.47. The van der Waals surface area contributed by atoms with Crippen LogP contribution in [-0.4, -0.2) is 47.8 Å². The summed E-state index contributed by atoms with van der Waals surface area (Å²) in [4.78, 5) is 20.3. The van der Waals surface area contributed by atoms with Crippen LogP contribution in [0.25, 0.3) is 0 Å². The Hall–Kier alpha value is -1.14. The van der Waals surface area contributed by atoms with Gasteiger partial charge in [0.1, 0.15) is 0 Å². The van der Waals surface area contributed by atoms with Gasteiger partial charge in [-0.2, -0.15) is 0 Å². The molecule has 1 N–H and O–H groups in total. The smallest absolute Gasteiger partial charge is 0.317 e. The van der Waals surface area contributed by atoms with Gasteiger partial charge in [-0.1, -0.05) is 6.92 Å². The van der Waals surface area contributed by atoms with Gasteiger partial charge in [0.15, 0.2) is 0 Å². The van der Waals surface area contributed by atoms with Crippen LogP contribution in [0.3, 0.4) is 0 Å². The Morgan fingerprint density at radius 3 is 2.65 bits per heavy atom. The molecular weight excluding hydrogens is 310 g/mol. The van der Waals surface area contributed by atoms with Crippen LogP contribution >= 0.6 is 11.3 Å². The number of fused-ring (bicyclic) bond motifs is 5. The predicted molar refractivity (Wildman–Crippen MR) is 89.8 cm³/mol. The highest BCUT2D eigenvalue weighted by Gasteiger charge is 2.53. The molecule has 1 aromatic heterocycles. The molecule has 2 amide bonds. The summed E-state index contributed by atoms with van der Waals surface area (Å²) in [5.41, 5.74) is 1.19. The molecule has 0 spiro atoms. The van der Waals surface area contributed by atoms with E-state index < -0.39 is 0 Å². The van der Waals surface area contributed by atoms with E-state index in [1.165, 1.54) is 23.4 Å². The number of likely N-dealkylation sites (tertiary alicyclic amines) is 1. The minimum atomic E-state index is 0.0859. The average molecular weight is 335 g/mol. The van der Waals surface area contributed by atoms with Gasteiger partial charge in [0.2, 0.25) is 0 Å². The molecule has 0 unspecified atom stereocenters. The van der Waals surface area contributed by atoms with Crippen LogP contribution in [0.2, 0.25) is 0 Å². The zero-order valence-corrected chi connectivity index (χ0v) is 14.7.